The Morgan fingerprint density at radius 1 is 0.500 bits per heavy atom. The number of hydrogen-bond donors (Lipinski definition) is 0. The molecule has 0 amide bonds. The first-order valence-electron chi connectivity index (χ1n) is 11.9. The van der Waals surface area contributed by atoms with E-state index in [4.69, 9.17) is 4.42 Å². The maximum atomic E-state index is 6.47. The van der Waals surface area contributed by atoms with Gasteiger partial charge in [0.1, 0.15) is 11.2 Å². The van der Waals surface area contributed by atoms with Gasteiger partial charge in [-0.2, -0.15) is 0 Å². The third kappa shape index (κ3) is 3.60. The van der Waals surface area contributed by atoms with Crippen LogP contribution in [0, 0.1) is 0 Å². The molecule has 0 saturated heterocycles. The highest BCUT2D eigenvalue weighted by molar-refractivity contribution is 6.12. The Kier molecular flexibility index (Phi) is 5.04. The minimum absolute atomic E-state index is 0.530. The Bertz CT molecular complexity index is 1590. The molecule has 34 heavy (non-hydrogen) atoms. The fourth-order valence-corrected chi connectivity index (χ4v) is 4.75. The smallest absolute Gasteiger partial charge is 0.143 e. The molecule has 0 unspecified atom stereocenters. The van der Waals surface area contributed by atoms with Gasteiger partial charge in [0.15, 0.2) is 0 Å². The quantitative estimate of drug-likeness (QED) is 0.267. The highest BCUT2D eigenvalue weighted by atomic mass is 16.3. The Labute approximate surface area is 200 Å². The van der Waals surface area contributed by atoms with E-state index < -0.39 is 0 Å². The minimum atomic E-state index is 0.530. The lowest BCUT2D eigenvalue weighted by molar-refractivity contribution is 0.670. The van der Waals surface area contributed by atoms with Crippen molar-refractivity contribution in [2.45, 2.75) is 19.8 Å². The van der Waals surface area contributed by atoms with Crippen molar-refractivity contribution in [2.24, 2.45) is 0 Å². The Balaban J connectivity index is 1.59. The minimum Gasteiger partial charge on any atom is -0.455 e. The van der Waals surface area contributed by atoms with Gasteiger partial charge >= 0.3 is 0 Å². The summed E-state index contributed by atoms with van der Waals surface area (Å²) in [6.07, 6.45) is 0. The Morgan fingerprint density at radius 2 is 1.09 bits per heavy atom. The van der Waals surface area contributed by atoms with Crippen molar-refractivity contribution in [1.82, 2.24) is 0 Å². The van der Waals surface area contributed by atoms with Gasteiger partial charge in [0.25, 0.3) is 0 Å². The molecule has 0 atom stereocenters. The zero-order valence-corrected chi connectivity index (χ0v) is 19.5. The maximum absolute atomic E-state index is 6.47. The molecule has 0 aliphatic rings. The van der Waals surface area contributed by atoms with Crippen molar-refractivity contribution >= 4 is 21.9 Å². The molecule has 1 aromatic heterocycles. The average molecular weight is 439 g/mol. The highest BCUT2D eigenvalue weighted by Crippen LogP contribution is 2.40. The molecule has 1 nitrogen and oxygen atoms in total. The van der Waals surface area contributed by atoms with Gasteiger partial charge in [0.2, 0.25) is 0 Å². The van der Waals surface area contributed by atoms with Gasteiger partial charge in [-0.3, -0.25) is 0 Å². The molecule has 0 radical (unpaired) electrons. The molecule has 0 aliphatic carbocycles. The van der Waals surface area contributed by atoms with Crippen LogP contribution >= 0.6 is 0 Å². The average Bonchev–Trinajstić information content (AvgIpc) is 3.27. The molecule has 1 heteroatoms. The lowest BCUT2D eigenvalue weighted by atomic mass is 9.95. The van der Waals surface area contributed by atoms with Crippen LogP contribution < -0.4 is 0 Å². The molecule has 0 saturated carbocycles. The van der Waals surface area contributed by atoms with E-state index in [1.807, 2.05) is 0 Å². The second-order valence-corrected chi connectivity index (χ2v) is 9.22. The Hall–Kier alpha value is -4.10. The van der Waals surface area contributed by atoms with Crippen LogP contribution in [0.2, 0.25) is 0 Å². The second kappa shape index (κ2) is 8.35. The van der Waals surface area contributed by atoms with Gasteiger partial charge in [-0.1, -0.05) is 105 Å². The van der Waals surface area contributed by atoms with Crippen molar-refractivity contribution in [3.05, 3.63) is 121 Å². The van der Waals surface area contributed by atoms with Gasteiger partial charge in [0.05, 0.1) is 0 Å². The molecule has 6 aromatic rings. The summed E-state index contributed by atoms with van der Waals surface area (Å²) in [6, 6.07) is 41.1. The van der Waals surface area contributed by atoms with Gasteiger partial charge in [-0.05, 0) is 63.6 Å². The van der Waals surface area contributed by atoms with Crippen LogP contribution in [0.1, 0.15) is 25.3 Å². The van der Waals surface area contributed by atoms with E-state index >= 15 is 0 Å². The van der Waals surface area contributed by atoms with Gasteiger partial charge < -0.3 is 4.42 Å². The normalized spacial score (nSPS) is 11.5. The molecule has 164 valence electrons. The van der Waals surface area contributed by atoms with Crippen molar-refractivity contribution in [3.8, 4) is 33.4 Å². The molecule has 6 rings (SSSR count). The van der Waals surface area contributed by atoms with Crippen molar-refractivity contribution in [3.63, 3.8) is 0 Å². The molecule has 0 bridgehead atoms. The predicted molar refractivity (Wildman–Crippen MR) is 144 cm³/mol. The standard InChI is InChI=1S/C33H26O/c1-22(2)23-13-15-25(16-14-23)27-17-18-32-30(19-27)31-21-28(24-9-5-3-6-10-24)20-29(33(31)34-32)26-11-7-4-8-12-26/h3-22H,1-2H3. The first-order valence-corrected chi connectivity index (χ1v) is 11.9. The molecule has 0 spiro atoms. The summed E-state index contributed by atoms with van der Waals surface area (Å²) in [5.41, 5.74) is 10.3. The monoisotopic (exact) mass is 438 g/mol. The van der Waals surface area contributed by atoms with E-state index in [9.17, 15) is 0 Å². The highest BCUT2D eigenvalue weighted by Gasteiger charge is 2.16. The molecular formula is C33H26O. The molecule has 1 heterocycles. The van der Waals surface area contributed by atoms with E-state index in [2.05, 4.69) is 129 Å². The van der Waals surface area contributed by atoms with Gasteiger partial charge in [-0.15, -0.1) is 0 Å². The van der Waals surface area contributed by atoms with Crippen LogP contribution in [0.4, 0.5) is 0 Å². The van der Waals surface area contributed by atoms with Crippen molar-refractivity contribution in [1.29, 1.82) is 0 Å². The van der Waals surface area contributed by atoms with E-state index in [1.165, 1.54) is 27.8 Å². The lowest BCUT2D eigenvalue weighted by Gasteiger charge is -2.08. The van der Waals surface area contributed by atoms with Gasteiger partial charge in [-0.25, -0.2) is 0 Å². The zero-order chi connectivity index (χ0) is 23.1. The number of furan rings is 1. The topological polar surface area (TPSA) is 13.1 Å². The second-order valence-electron chi connectivity index (χ2n) is 9.22. The van der Waals surface area contributed by atoms with Gasteiger partial charge in [0, 0.05) is 16.3 Å². The largest absolute Gasteiger partial charge is 0.455 e. The summed E-state index contributed by atoms with van der Waals surface area (Å²) in [7, 11) is 0. The summed E-state index contributed by atoms with van der Waals surface area (Å²) in [4.78, 5) is 0. The van der Waals surface area contributed by atoms with E-state index in [0.717, 1.165) is 33.1 Å². The fraction of sp³-hybridized carbons (Fsp3) is 0.0909. The number of fused-ring (bicyclic) bond motifs is 3. The van der Waals surface area contributed by atoms with E-state index in [0.29, 0.717) is 5.92 Å². The van der Waals surface area contributed by atoms with E-state index in [1.54, 1.807) is 0 Å². The summed E-state index contributed by atoms with van der Waals surface area (Å²) in [5, 5.41) is 2.30. The van der Waals surface area contributed by atoms with Crippen LogP contribution in [-0.2, 0) is 0 Å². The first kappa shape index (κ1) is 20.5. The summed E-state index contributed by atoms with van der Waals surface area (Å²) < 4.78 is 6.47. The molecule has 0 N–H and O–H groups in total. The van der Waals surface area contributed by atoms with Crippen LogP contribution in [0.15, 0.2) is 120 Å². The molecule has 5 aromatic carbocycles. The van der Waals surface area contributed by atoms with Crippen LogP contribution in [0.5, 0.6) is 0 Å². The van der Waals surface area contributed by atoms with Crippen LogP contribution in [-0.4, -0.2) is 0 Å². The van der Waals surface area contributed by atoms with Crippen LogP contribution in [0.3, 0.4) is 0 Å². The third-order valence-corrected chi connectivity index (χ3v) is 6.67. The van der Waals surface area contributed by atoms with Crippen molar-refractivity contribution < 1.29 is 4.42 Å². The summed E-state index contributed by atoms with van der Waals surface area (Å²) in [5.74, 6) is 0.530. The number of hydrogen-bond acceptors (Lipinski definition) is 1. The lowest BCUT2D eigenvalue weighted by Crippen LogP contribution is -1.86. The maximum Gasteiger partial charge on any atom is 0.143 e. The molecule has 0 aliphatic heterocycles. The van der Waals surface area contributed by atoms with Crippen molar-refractivity contribution in [2.75, 3.05) is 0 Å². The number of rotatable bonds is 4. The SMILES string of the molecule is CC(C)c1ccc(-c2ccc3oc4c(-c5ccccc5)cc(-c5ccccc5)cc4c3c2)cc1. The predicted octanol–water partition coefficient (Wildman–Crippen LogP) is 9.71. The van der Waals surface area contributed by atoms with E-state index in [-0.39, 0.29) is 0 Å². The summed E-state index contributed by atoms with van der Waals surface area (Å²) >= 11 is 0. The fourth-order valence-electron chi connectivity index (χ4n) is 4.75. The first-order chi connectivity index (χ1) is 16.7. The molecular weight excluding hydrogens is 412 g/mol. The molecule has 0 fully saturated rings. The Morgan fingerprint density at radius 3 is 1.76 bits per heavy atom. The zero-order valence-electron chi connectivity index (χ0n) is 19.5. The third-order valence-electron chi connectivity index (χ3n) is 6.67. The van der Waals surface area contributed by atoms with Crippen LogP contribution in [0.25, 0.3) is 55.3 Å². The summed E-state index contributed by atoms with van der Waals surface area (Å²) in [6.45, 7) is 4.46. The number of benzene rings is 5.